The van der Waals surface area contributed by atoms with Crippen LogP contribution in [0.5, 0.6) is 0 Å². The highest BCUT2D eigenvalue weighted by Gasteiger charge is 2.01. The number of thiazole rings is 1. The number of aromatic amines is 1. The Balaban J connectivity index is 1.76. The van der Waals surface area contributed by atoms with Crippen LogP contribution in [0.3, 0.4) is 0 Å². The zero-order valence-electron chi connectivity index (χ0n) is 10.2. The molecule has 0 bridgehead atoms. The third kappa shape index (κ3) is 2.66. The van der Waals surface area contributed by atoms with Crippen LogP contribution >= 0.6 is 11.3 Å². The number of anilines is 1. The molecule has 5 heteroatoms. The van der Waals surface area contributed by atoms with Crippen molar-refractivity contribution in [3.63, 3.8) is 0 Å². The molecule has 2 heterocycles. The number of aromatic nitrogens is 2. The molecule has 0 amide bonds. The largest absolute Gasteiger partial charge is 0.371 e. The van der Waals surface area contributed by atoms with Crippen molar-refractivity contribution in [1.82, 2.24) is 9.97 Å². The topological polar surface area (TPSA) is 57.8 Å². The Morgan fingerprint density at radius 2 is 2.21 bits per heavy atom. The van der Waals surface area contributed by atoms with Gasteiger partial charge in [-0.2, -0.15) is 0 Å². The Labute approximate surface area is 114 Å². The minimum Gasteiger partial charge on any atom is -0.371 e. The van der Waals surface area contributed by atoms with Crippen molar-refractivity contribution in [2.24, 2.45) is 0 Å². The summed E-state index contributed by atoms with van der Waals surface area (Å²) in [5.41, 5.74) is -0.0603. The van der Waals surface area contributed by atoms with Gasteiger partial charge in [-0.1, -0.05) is 18.2 Å². The number of hydrogen-bond donors (Lipinski definition) is 2. The summed E-state index contributed by atoms with van der Waals surface area (Å²) in [6, 6.07) is 9.52. The van der Waals surface area contributed by atoms with Gasteiger partial charge in [0.05, 0.1) is 5.01 Å². The fourth-order valence-electron chi connectivity index (χ4n) is 1.99. The quantitative estimate of drug-likeness (QED) is 0.767. The van der Waals surface area contributed by atoms with E-state index in [-0.39, 0.29) is 5.56 Å². The van der Waals surface area contributed by atoms with Crippen LogP contribution in [0.15, 0.2) is 46.7 Å². The lowest BCUT2D eigenvalue weighted by Crippen LogP contribution is -2.12. The van der Waals surface area contributed by atoms with Crippen molar-refractivity contribution in [2.45, 2.75) is 6.42 Å². The Hall–Kier alpha value is -2.14. The molecule has 2 aromatic heterocycles. The van der Waals surface area contributed by atoms with Crippen molar-refractivity contribution >= 4 is 27.9 Å². The number of nitrogens with zero attached hydrogens (tertiary/aromatic N) is 1. The van der Waals surface area contributed by atoms with Crippen LogP contribution in [0.25, 0.3) is 10.8 Å². The van der Waals surface area contributed by atoms with E-state index in [1.54, 1.807) is 17.5 Å². The molecule has 0 saturated heterocycles. The van der Waals surface area contributed by atoms with E-state index in [1.165, 1.54) is 0 Å². The highest BCUT2D eigenvalue weighted by Crippen LogP contribution is 2.13. The van der Waals surface area contributed by atoms with Crippen LogP contribution in [0, 0.1) is 0 Å². The van der Waals surface area contributed by atoms with E-state index in [0.717, 1.165) is 29.2 Å². The first-order chi connectivity index (χ1) is 9.33. The lowest BCUT2D eigenvalue weighted by molar-refractivity contribution is 0.986. The van der Waals surface area contributed by atoms with Gasteiger partial charge in [-0.05, 0) is 17.5 Å². The average molecular weight is 271 g/mol. The van der Waals surface area contributed by atoms with E-state index in [2.05, 4.69) is 15.3 Å². The van der Waals surface area contributed by atoms with Gasteiger partial charge in [-0.25, -0.2) is 4.98 Å². The molecule has 0 atom stereocenters. The fraction of sp³-hybridized carbons (Fsp3) is 0.143. The number of rotatable bonds is 4. The van der Waals surface area contributed by atoms with E-state index < -0.39 is 0 Å². The van der Waals surface area contributed by atoms with E-state index in [1.807, 2.05) is 35.7 Å². The standard InChI is InChI=1S/C14H13N3OS/c18-14-11-4-2-1-3-10(11)9-12(17-14)15-6-5-13-16-7-8-19-13/h1-4,7-9H,5-6H2,(H2,15,17,18). The Morgan fingerprint density at radius 1 is 1.32 bits per heavy atom. The van der Waals surface area contributed by atoms with Crippen LogP contribution in [-0.4, -0.2) is 16.5 Å². The average Bonchev–Trinajstić information content (AvgIpc) is 2.92. The van der Waals surface area contributed by atoms with E-state index in [9.17, 15) is 4.79 Å². The van der Waals surface area contributed by atoms with Gasteiger partial charge in [0.15, 0.2) is 0 Å². The number of benzene rings is 1. The Morgan fingerprint density at radius 3 is 3.05 bits per heavy atom. The molecule has 0 fully saturated rings. The first-order valence-electron chi connectivity index (χ1n) is 6.07. The predicted molar refractivity (Wildman–Crippen MR) is 78.9 cm³/mol. The monoisotopic (exact) mass is 271 g/mol. The smallest absolute Gasteiger partial charge is 0.257 e. The van der Waals surface area contributed by atoms with Gasteiger partial charge in [0.2, 0.25) is 0 Å². The molecule has 1 aromatic carbocycles. The van der Waals surface area contributed by atoms with E-state index in [4.69, 9.17) is 0 Å². The SMILES string of the molecule is O=c1[nH]c(NCCc2nccs2)cc2ccccc12. The van der Waals surface area contributed by atoms with Crippen LogP contribution in [0.4, 0.5) is 5.82 Å². The molecule has 3 aromatic rings. The van der Waals surface area contributed by atoms with Crippen LogP contribution < -0.4 is 10.9 Å². The maximum atomic E-state index is 11.9. The van der Waals surface area contributed by atoms with Crippen molar-refractivity contribution in [2.75, 3.05) is 11.9 Å². The normalized spacial score (nSPS) is 10.7. The molecule has 0 aliphatic heterocycles. The highest BCUT2D eigenvalue weighted by atomic mass is 32.1. The molecule has 0 radical (unpaired) electrons. The Kier molecular flexibility index (Phi) is 3.29. The van der Waals surface area contributed by atoms with Crippen molar-refractivity contribution in [1.29, 1.82) is 0 Å². The molecular weight excluding hydrogens is 258 g/mol. The Bertz CT molecular complexity index is 734. The third-order valence-electron chi connectivity index (χ3n) is 2.89. The molecule has 0 aliphatic rings. The second-order valence-electron chi connectivity index (χ2n) is 4.20. The summed E-state index contributed by atoms with van der Waals surface area (Å²) < 4.78 is 0. The summed E-state index contributed by atoms with van der Waals surface area (Å²) in [5, 5.41) is 7.95. The minimum atomic E-state index is -0.0603. The van der Waals surface area contributed by atoms with Crippen molar-refractivity contribution in [3.05, 3.63) is 57.3 Å². The lowest BCUT2D eigenvalue weighted by atomic mass is 10.2. The van der Waals surface area contributed by atoms with Gasteiger partial charge in [0, 0.05) is 29.9 Å². The summed E-state index contributed by atoms with van der Waals surface area (Å²) in [7, 11) is 0. The molecular formula is C14H13N3OS. The number of H-pyrrole nitrogens is 1. The summed E-state index contributed by atoms with van der Waals surface area (Å²) in [5.74, 6) is 0.750. The van der Waals surface area contributed by atoms with Gasteiger partial charge in [-0.15, -0.1) is 11.3 Å². The maximum absolute atomic E-state index is 11.9. The molecule has 0 spiro atoms. The molecule has 2 N–H and O–H groups in total. The number of pyridine rings is 1. The molecule has 4 nitrogen and oxygen atoms in total. The summed E-state index contributed by atoms with van der Waals surface area (Å²) in [6.45, 7) is 0.752. The summed E-state index contributed by atoms with van der Waals surface area (Å²) in [4.78, 5) is 19.0. The van der Waals surface area contributed by atoms with Gasteiger partial charge in [0.25, 0.3) is 5.56 Å². The van der Waals surface area contributed by atoms with Crippen molar-refractivity contribution in [3.8, 4) is 0 Å². The van der Waals surface area contributed by atoms with Gasteiger partial charge in [-0.3, -0.25) is 4.79 Å². The molecule has 0 saturated carbocycles. The first kappa shape index (κ1) is 11.9. The molecule has 3 rings (SSSR count). The third-order valence-corrected chi connectivity index (χ3v) is 3.73. The molecule has 0 unspecified atom stereocenters. The highest BCUT2D eigenvalue weighted by molar-refractivity contribution is 7.09. The lowest BCUT2D eigenvalue weighted by Gasteiger charge is -2.06. The number of nitrogens with one attached hydrogen (secondary N) is 2. The summed E-state index contributed by atoms with van der Waals surface area (Å²) in [6.07, 6.45) is 2.66. The van der Waals surface area contributed by atoms with Crippen LogP contribution in [-0.2, 0) is 6.42 Å². The maximum Gasteiger partial charge on any atom is 0.257 e. The zero-order chi connectivity index (χ0) is 13.1. The zero-order valence-corrected chi connectivity index (χ0v) is 11.0. The molecule has 0 aliphatic carbocycles. The van der Waals surface area contributed by atoms with Crippen LogP contribution in [0.2, 0.25) is 0 Å². The van der Waals surface area contributed by atoms with Crippen LogP contribution in [0.1, 0.15) is 5.01 Å². The van der Waals surface area contributed by atoms with E-state index in [0.29, 0.717) is 5.39 Å². The predicted octanol–water partition coefficient (Wildman–Crippen LogP) is 2.64. The first-order valence-corrected chi connectivity index (χ1v) is 6.95. The summed E-state index contributed by atoms with van der Waals surface area (Å²) >= 11 is 1.64. The second kappa shape index (κ2) is 5.24. The van der Waals surface area contributed by atoms with Gasteiger partial charge in [0.1, 0.15) is 5.82 Å². The molecule has 19 heavy (non-hydrogen) atoms. The fourth-order valence-corrected chi connectivity index (χ4v) is 2.61. The van der Waals surface area contributed by atoms with E-state index >= 15 is 0 Å². The number of fused-ring (bicyclic) bond motifs is 1. The number of hydrogen-bond acceptors (Lipinski definition) is 4. The minimum absolute atomic E-state index is 0.0603. The van der Waals surface area contributed by atoms with Gasteiger partial charge >= 0.3 is 0 Å². The van der Waals surface area contributed by atoms with Gasteiger partial charge < -0.3 is 10.3 Å². The molecule has 96 valence electrons. The second-order valence-corrected chi connectivity index (χ2v) is 5.18. The van der Waals surface area contributed by atoms with Crippen molar-refractivity contribution < 1.29 is 0 Å².